The van der Waals surface area contributed by atoms with Gasteiger partial charge in [-0.3, -0.25) is 14.9 Å². The number of carbonyl (C=O) groups is 2. The fraction of sp³-hybridized carbons (Fsp3) is 0.182. The van der Waals surface area contributed by atoms with Crippen LogP contribution in [0.2, 0.25) is 5.02 Å². The zero-order chi connectivity index (χ0) is 29.6. The van der Waals surface area contributed by atoms with Crippen molar-refractivity contribution in [2.24, 2.45) is 0 Å². The lowest BCUT2D eigenvalue weighted by Crippen LogP contribution is -2.48. The van der Waals surface area contributed by atoms with Gasteiger partial charge in [0.05, 0.1) is 0 Å². The Balaban J connectivity index is 1.08. The highest BCUT2D eigenvalue weighted by molar-refractivity contribution is 7.80. The Morgan fingerprint density at radius 2 is 1.62 bits per heavy atom. The second kappa shape index (κ2) is 13.1. The summed E-state index contributed by atoms with van der Waals surface area (Å²) in [6.45, 7) is 6.78. The molecule has 1 saturated heterocycles. The topological polar surface area (TPSA) is 77.8 Å². The number of hydrogen-bond acceptors (Lipinski definition) is 5. The number of thiocarbonyl (C=S) groups is 1. The Hall–Kier alpha value is -4.40. The summed E-state index contributed by atoms with van der Waals surface area (Å²) in [5.74, 6) is 0.890. The van der Waals surface area contributed by atoms with Crippen molar-refractivity contribution in [2.75, 3.05) is 36.4 Å². The van der Waals surface area contributed by atoms with Crippen LogP contribution in [0.3, 0.4) is 0 Å². The largest absolute Gasteiger partial charge is 0.457 e. The van der Waals surface area contributed by atoms with Crippen LogP contribution in [0, 0.1) is 13.8 Å². The van der Waals surface area contributed by atoms with Gasteiger partial charge in [-0.15, -0.1) is 0 Å². The zero-order valence-corrected chi connectivity index (χ0v) is 25.0. The molecule has 0 unspecified atom stereocenters. The van der Waals surface area contributed by atoms with Gasteiger partial charge in [0.2, 0.25) is 5.91 Å². The summed E-state index contributed by atoms with van der Waals surface area (Å²) in [4.78, 5) is 29.4. The summed E-state index contributed by atoms with van der Waals surface area (Å²) in [5, 5.41) is 6.54. The molecule has 3 aromatic carbocycles. The van der Waals surface area contributed by atoms with E-state index >= 15 is 0 Å². The van der Waals surface area contributed by atoms with Gasteiger partial charge in [-0.2, -0.15) is 0 Å². The van der Waals surface area contributed by atoms with E-state index in [1.165, 1.54) is 6.08 Å². The van der Waals surface area contributed by atoms with Gasteiger partial charge in [0, 0.05) is 59.8 Å². The Bertz CT molecular complexity index is 1620. The zero-order valence-electron chi connectivity index (χ0n) is 23.4. The highest BCUT2D eigenvalue weighted by Gasteiger charge is 2.22. The molecule has 1 fully saturated rings. The Labute approximate surface area is 255 Å². The lowest BCUT2D eigenvalue weighted by atomic mass is 10.1. The van der Waals surface area contributed by atoms with Gasteiger partial charge in [0.1, 0.15) is 11.5 Å². The molecule has 0 spiro atoms. The molecule has 0 bridgehead atoms. The number of anilines is 2. The number of piperazine rings is 1. The first kappa shape index (κ1) is 29.1. The first-order chi connectivity index (χ1) is 20.2. The molecule has 4 aromatic rings. The quantitative estimate of drug-likeness (QED) is 0.190. The number of benzene rings is 3. The van der Waals surface area contributed by atoms with Crippen LogP contribution in [0.15, 0.2) is 89.4 Å². The van der Waals surface area contributed by atoms with Crippen molar-refractivity contribution in [3.05, 3.63) is 112 Å². The molecule has 0 radical (unpaired) electrons. The van der Waals surface area contributed by atoms with E-state index in [-0.39, 0.29) is 16.9 Å². The van der Waals surface area contributed by atoms with Crippen molar-refractivity contribution in [1.82, 2.24) is 10.2 Å². The van der Waals surface area contributed by atoms with Crippen LogP contribution in [-0.2, 0) is 4.79 Å². The normalized spacial score (nSPS) is 13.3. The van der Waals surface area contributed by atoms with Crippen LogP contribution in [-0.4, -0.2) is 48.0 Å². The van der Waals surface area contributed by atoms with E-state index in [9.17, 15) is 9.59 Å². The fourth-order valence-electron chi connectivity index (χ4n) is 4.62. The molecule has 1 aliphatic rings. The van der Waals surface area contributed by atoms with Gasteiger partial charge in [-0.25, -0.2) is 0 Å². The van der Waals surface area contributed by atoms with Gasteiger partial charge in [-0.1, -0.05) is 41.4 Å². The molecule has 0 atom stereocenters. The van der Waals surface area contributed by atoms with E-state index in [1.54, 1.807) is 12.1 Å². The number of nitrogens with zero attached hydrogens (tertiary/aromatic N) is 2. The maximum absolute atomic E-state index is 12.8. The van der Waals surface area contributed by atoms with Gasteiger partial charge < -0.3 is 19.5 Å². The molecular formula is C33H31ClN4O3S. The van der Waals surface area contributed by atoms with Gasteiger partial charge in [-0.05, 0) is 92.3 Å². The molecule has 2 heterocycles. The molecule has 2 N–H and O–H groups in total. The molecular weight excluding hydrogens is 568 g/mol. The SMILES string of the molecule is Cc1ccc(C(=O)N2CCN(c3ccc(NC(=S)NC(=O)/C=C/c4ccc(-c5ccc(C)c(Cl)c5)o4)cc3)CC2)cc1. The van der Waals surface area contributed by atoms with Crippen molar-refractivity contribution in [3.8, 4) is 11.3 Å². The van der Waals surface area contributed by atoms with Crippen molar-refractivity contribution < 1.29 is 14.0 Å². The van der Waals surface area contributed by atoms with Gasteiger partial charge in [0.25, 0.3) is 5.91 Å². The van der Waals surface area contributed by atoms with Crippen molar-refractivity contribution in [3.63, 3.8) is 0 Å². The van der Waals surface area contributed by atoms with Crippen LogP contribution in [0.25, 0.3) is 17.4 Å². The van der Waals surface area contributed by atoms with E-state index < -0.39 is 0 Å². The maximum Gasteiger partial charge on any atom is 0.253 e. The summed E-state index contributed by atoms with van der Waals surface area (Å²) in [5.41, 5.74) is 5.54. The first-order valence-electron chi connectivity index (χ1n) is 13.6. The van der Waals surface area contributed by atoms with Crippen LogP contribution in [0.4, 0.5) is 11.4 Å². The number of furan rings is 1. The van der Waals surface area contributed by atoms with Crippen molar-refractivity contribution >= 4 is 58.2 Å². The molecule has 1 aromatic heterocycles. The fourth-order valence-corrected chi connectivity index (χ4v) is 5.02. The van der Waals surface area contributed by atoms with E-state index in [2.05, 4.69) is 15.5 Å². The van der Waals surface area contributed by atoms with Gasteiger partial charge in [0.15, 0.2) is 5.11 Å². The molecule has 7 nitrogen and oxygen atoms in total. The summed E-state index contributed by atoms with van der Waals surface area (Å²) < 4.78 is 5.82. The minimum absolute atomic E-state index is 0.0705. The summed E-state index contributed by atoms with van der Waals surface area (Å²) in [7, 11) is 0. The first-order valence-corrected chi connectivity index (χ1v) is 14.4. The Kier molecular flexibility index (Phi) is 9.05. The average Bonchev–Trinajstić information content (AvgIpc) is 3.47. The predicted octanol–water partition coefficient (Wildman–Crippen LogP) is 6.71. The highest BCUT2D eigenvalue weighted by atomic mass is 35.5. The second-order valence-electron chi connectivity index (χ2n) is 10.1. The molecule has 0 aliphatic carbocycles. The molecule has 9 heteroatoms. The summed E-state index contributed by atoms with van der Waals surface area (Å²) in [6, 6.07) is 24.9. The van der Waals surface area contributed by atoms with E-state index in [4.69, 9.17) is 28.2 Å². The van der Waals surface area contributed by atoms with Crippen LogP contribution in [0.1, 0.15) is 27.2 Å². The minimum atomic E-state index is -0.376. The summed E-state index contributed by atoms with van der Waals surface area (Å²) >= 11 is 11.5. The third-order valence-corrected chi connectivity index (χ3v) is 7.69. The number of carbonyl (C=O) groups excluding carboxylic acids is 2. The predicted molar refractivity (Wildman–Crippen MR) is 173 cm³/mol. The van der Waals surface area contributed by atoms with E-state index in [0.29, 0.717) is 29.6 Å². The number of nitrogens with one attached hydrogen (secondary N) is 2. The smallest absolute Gasteiger partial charge is 0.253 e. The molecule has 5 rings (SSSR count). The monoisotopic (exact) mass is 598 g/mol. The standard InChI is InChI=1S/C33H31ClN4O3S/c1-22-3-6-24(7-4-22)32(40)38-19-17-37(18-20-38)27-11-9-26(10-12-27)35-33(42)36-31(39)16-14-28-13-15-30(41-28)25-8-5-23(2)29(34)21-25/h3-16,21H,17-20H2,1-2H3,(H2,35,36,39,42)/b16-14+. The average molecular weight is 599 g/mol. The third-order valence-electron chi connectivity index (χ3n) is 7.07. The van der Waals surface area contributed by atoms with Crippen molar-refractivity contribution in [2.45, 2.75) is 13.8 Å². The van der Waals surface area contributed by atoms with E-state index in [0.717, 1.165) is 46.7 Å². The van der Waals surface area contributed by atoms with Gasteiger partial charge >= 0.3 is 0 Å². The van der Waals surface area contributed by atoms with Crippen LogP contribution in [0.5, 0.6) is 0 Å². The Morgan fingerprint density at radius 3 is 2.31 bits per heavy atom. The minimum Gasteiger partial charge on any atom is -0.457 e. The van der Waals surface area contributed by atoms with Crippen LogP contribution >= 0.6 is 23.8 Å². The highest BCUT2D eigenvalue weighted by Crippen LogP contribution is 2.27. The number of aryl methyl sites for hydroxylation is 2. The van der Waals surface area contributed by atoms with Crippen molar-refractivity contribution in [1.29, 1.82) is 0 Å². The number of rotatable bonds is 6. The second-order valence-corrected chi connectivity index (χ2v) is 11.0. The lowest BCUT2D eigenvalue weighted by molar-refractivity contribution is -0.115. The van der Waals surface area contributed by atoms with E-state index in [1.807, 2.05) is 91.5 Å². The third kappa shape index (κ3) is 7.26. The number of hydrogen-bond donors (Lipinski definition) is 2. The molecule has 0 saturated carbocycles. The number of halogens is 1. The summed E-state index contributed by atoms with van der Waals surface area (Å²) in [6.07, 6.45) is 2.95. The van der Waals surface area contributed by atoms with Crippen LogP contribution < -0.4 is 15.5 Å². The lowest BCUT2D eigenvalue weighted by Gasteiger charge is -2.36. The maximum atomic E-state index is 12.8. The molecule has 2 amide bonds. The molecule has 1 aliphatic heterocycles. The number of amides is 2. The molecule has 214 valence electrons. The Morgan fingerprint density at radius 1 is 0.905 bits per heavy atom. The molecule has 42 heavy (non-hydrogen) atoms.